The largest absolute Gasteiger partial charge is 0.493 e. The van der Waals surface area contributed by atoms with Gasteiger partial charge in [0.2, 0.25) is 0 Å². The minimum Gasteiger partial charge on any atom is -0.493 e. The van der Waals surface area contributed by atoms with E-state index in [0.29, 0.717) is 17.7 Å². The van der Waals surface area contributed by atoms with Gasteiger partial charge in [-0.2, -0.15) is 0 Å². The summed E-state index contributed by atoms with van der Waals surface area (Å²) >= 11 is 3.34. The van der Waals surface area contributed by atoms with Crippen molar-refractivity contribution in [2.75, 3.05) is 20.8 Å². The normalized spacial score (nSPS) is 11.5. The van der Waals surface area contributed by atoms with Crippen LogP contribution in [0.15, 0.2) is 22.7 Å². The second-order valence-corrected chi connectivity index (χ2v) is 6.01. The summed E-state index contributed by atoms with van der Waals surface area (Å²) in [6, 6.07) is 5.08. The maximum Gasteiger partial charge on any atom is 0.360 e. The summed E-state index contributed by atoms with van der Waals surface area (Å²) in [6.45, 7) is 2.47. The molecule has 90 valence electrons. The van der Waals surface area contributed by atoms with E-state index in [9.17, 15) is 4.57 Å². The number of hydrogen-bond acceptors (Lipinski definition) is 4. The molecule has 0 saturated heterocycles. The molecule has 0 heterocycles. The molecular formula is C10H14BrO4P. The van der Waals surface area contributed by atoms with E-state index in [1.807, 2.05) is 6.92 Å². The highest BCUT2D eigenvalue weighted by Gasteiger charge is 2.25. The van der Waals surface area contributed by atoms with Crippen LogP contribution in [0.5, 0.6) is 5.75 Å². The van der Waals surface area contributed by atoms with E-state index in [4.69, 9.17) is 13.8 Å². The van der Waals surface area contributed by atoms with Crippen LogP contribution in [-0.2, 0) is 13.6 Å². The van der Waals surface area contributed by atoms with Crippen LogP contribution in [0.3, 0.4) is 0 Å². The highest BCUT2D eigenvalue weighted by molar-refractivity contribution is 9.10. The minimum atomic E-state index is -3.18. The zero-order chi connectivity index (χ0) is 12.2. The fourth-order valence-corrected chi connectivity index (χ4v) is 3.00. The Bertz CT molecular complexity index is 400. The molecule has 0 saturated carbocycles. The number of hydrogen-bond donors (Lipinski definition) is 0. The predicted octanol–water partition coefficient (Wildman–Crippen LogP) is 2.96. The van der Waals surface area contributed by atoms with Gasteiger partial charge < -0.3 is 13.8 Å². The lowest BCUT2D eigenvalue weighted by atomic mass is 10.3. The highest BCUT2D eigenvalue weighted by atomic mass is 79.9. The second-order valence-electron chi connectivity index (χ2n) is 2.91. The first-order chi connectivity index (χ1) is 7.57. The van der Waals surface area contributed by atoms with E-state index >= 15 is 0 Å². The molecular weight excluding hydrogens is 295 g/mol. The van der Waals surface area contributed by atoms with Crippen LogP contribution in [0.1, 0.15) is 6.92 Å². The number of ether oxygens (including phenoxy) is 1. The van der Waals surface area contributed by atoms with Gasteiger partial charge in [-0.25, -0.2) is 0 Å². The molecule has 0 radical (unpaired) electrons. The molecule has 0 spiro atoms. The molecule has 6 heteroatoms. The van der Waals surface area contributed by atoms with Gasteiger partial charge in [0.1, 0.15) is 5.75 Å². The molecule has 0 aliphatic heterocycles. The Hall–Kier alpha value is -0.350. The van der Waals surface area contributed by atoms with Gasteiger partial charge in [-0.1, -0.05) is 0 Å². The van der Waals surface area contributed by atoms with Gasteiger partial charge in [0.15, 0.2) is 0 Å². The number of halogens is 1. The van der Waals surface area contributed by atoms with Crippen molar-refractivity contribution in [2.45, 2.75) is 6.92 Å². The Morgan fingerprint density at radius 3 is 2.38 bits per heavy atom. The van der Waals surface area contributed by atoms with Gasteiger partial charge >= 0.3 is 7.60 Å². The lowest BCUT2D eigenvalue weighted by Crippen LogP contribution is -2.08. The van der Waals surface area contributed by atoms with Gasteiger partial charge in [-0.05, 0) is 41.1 Å². The van der Waals surface area contributed by atoms with Crippen molar-refractivity contribution < 1.29 is 18.3 Å². The summed E-state index contributed by atoms with van der Waals surface area (Å²) in [7, 11) is -0.473. The van der Waals surface area contributed by atoms with Crippen LogP contribution >= 0.6 is 23.5 Å². The van der Waals surface area contributed by atoms with E-state index in [2.05, 4.69) is 15.9 Å². The van der Waals surface area contributed by atoms with Crippen molar-refractivity contribution in [3.8, 4) is 5.75 Å². The van der Waals surface area contributed by atoms with E-state index in [1.165, 1.54) is 14.2 Å². The maximum absolute atomic E-state index is 12.1. The zero-order valence-electron chi connectivity index (χ0n) is 9.40. The molecule has 1 aromatic rings. The Labute approximate surface area is 104 Å². The van der Waals surface area contributed by atoms with Crippen molar-refractivity contribution in [3.05, 3.63) is 22.7 Å². The Kier molecular flexibility index (Phi) is 4.99. The van der Waals surface area contributed by atoms with Crippen molar-refractivity contribution in [1.82, 2.24) is 0 Å². The van der Waals surface area contributed by atoms with Crippen LogP contribution in [-0.4, -0.2) is 20.8 Å². The Morgan fingerprint density at radius 2 is 1.94 bits per heavy atom. The quantitative estimate of drug-likeness (QED) is 0.785. The van der Waals surface area contributed by atoms with E-state index < -0.39 is 7.60 Å². The molecule has 1 rings (SSSR count). The Balaban J connectivity index is 3.10. The van der Waals surface area contributed by atoms with E-state index in [1.54, 1.807) is 18.2 Å². The van der Waals surface area contributed by atoms with Crippen molar-refractivity contribution in [1.29, 1.82) is 0 Å². The van der Waals surface area contributed by atoms with Gasteiger partial charge in [0.05, 0.1) is 16.4 Å². The van der Waals surface area contributed by atoms with Crippen molar-refractivity contribution in [3.63, 3.8) is 0 Å². The van der Waals surface area contributed by atoms with Crippen LogP contribution in [0.2, 0.25) is 0 Å². The minimum absolute atomic E-state index is 0.493. The fraction of sp³-hybridized carbons (Fsp3) is 0.400. The van der Waals surface area contributed by atoms with Gasteiger partial charge in [0.25, 0.3) is 0 Å². The summed E-state index contributed by atoms with van der Waals surface area (Å²) in [5.41, 5.74) is 0. The van der Waals surface area contributed by atoms with Crippen LogP contribution < -0.4 is 10.0 Å². The van der Waals surface area contributed by atoms with Crippen LogP contribution in [0, 0.1) is 0 Å². The number of rotatable bonds is 5. The molecule has 0 aliphatic carbocycles. The van der Waals surface area contributed by atoms with Crippen molar-refractivity contribution in [2.24, 2.45) is 0 Å². The third-order valence-corrected chi connectivity index (χ3v) is 4.50. The Morgan fingerprint density at radius 1 is 1.31 bits per heavy atom. The SMILES string of the molecule is CCOc1ccc(P(=O)(OC)OC)cc1Br. The monoisotopic (exact) mass is 308 g/mol. The summed E-state index contributed by atoms with van der Waals surface area (Å²) < 4.78 is 27.9. The average molecular weight is 309 g/mol. The third-order valence-electron chi connectivity index (χ3n) is 2.01. The van der Waals surface area contributed by atoms with Crippen molar-refractivity contribution >= 4 is 28.8 Å². The number of benzene rings is 1. The summed E-state index contributed by atoms with van der Waals surface area (Å²) in [4.78, 5) is 0. The molecule has 0 amide bonds. The fourth-order valence-electron chi connectivity index (χ4n) is 1.22. The van der Waals surface area contributed by atoms with E-state index in [0.717, 1.165) is 4.47 Å². The lowest BCUT2D eigenvalue weighted by Gasteiger charge is -2.15. The molecule has 0 bridgehead atoms. The molecule has 0 unspecified atom stereocenters. The van der Waals surface area contributed by atoms with Crippen LogP contribution in [0.25, 0.3) is 0 Å². The van der Waals surface area contributed by atoms with Gasteiger partial charge in [0, 0.05) is 14.2 Å². The average Bonchev–Trinajstić information content (AvgIpc) is 2.31. The summed E-state index contributed by atoms with van der Waals surface area (Å²) in [5, 5.41) is 0.493. The molecule has 0 aromatic heterocycles. The first kappa shape index (κ1) is 13.7. The third kappa shape index (κ3) is 2.86. The molecule has 0 N–H and O–H groups in total. The highest BCUT2D eigenvalue weighted by Crippen LogP contribution is 2.46. The topological polar surface area (TPSA) is 44.8 Å². The van der Waals surface area contributed by atoms with Gasteiger partial charge in [-0.3, -0.25) is 4.57 Å². The second kappa shape index (κ2) is 5.82. The maximum atomic E-state index is 12.1. The molecule has 0 aliphatic rings. The van der Waals surface area contributed by atoms with E-state index in [-0.39, 0.29) is 0 Å². The molecule has 16 heavy (non-hydrogen) atoms. The standard InChI is InChI=1S/C10H14BrO4P/c1-4-15-10-6-5-8(7-9(10)11)16(12,13-2)14-3/h5-7H,4H2,1-3H3. The molecule has 0 fully saturated rings. The first-order valence-corrected chi connectivity index (χ1v) is 7.05. The first-order valence-electron chi connectivity index (χ1n) is 4.71. The summed E-state index contributed by atoms with van der Waals surface area (Å²) in [5.74, 6) is 0.699. The zero-order valence-corrected chi connectivity index (χ0v) is 11.9. The lowest BCUT2D eigenvalue weighted by molar-refractivity contribution is 0.287. The predicted molar refractivity (Wildman–Crippen MR) is 66.6 cm³/mol. The molecule has 4 nitrogen and oxygen atoms in total. The van der Waals surface area contributed by atoms with Crippen LogP contribution in [0.4, 0.5) is 0 Å². The molecule has 1 aromatic carbocycles. The smallest absolute Gasteiger partial charge is 0.360 e. The summed E-state index contributed by atoms with van der Waals surface area (Å²) in [6.07, 6.45) is 0. The molecule has 0 atom stereocenters. The van der Waals surface area contributed by atoms with Gasteiger partial charge in [-0.15, -0.1) is 0 Å².